The molecule has 0 unspecified atom stereocenters. The third-order valence-electron chi connectivity index (χ3n) is 4.32. The molecule has 0 bridgehead atoms. The summed E-state index contributed by atoms with van der Waals surface area (Å²) in [6, 6.07) is 14.7. The second kappa shape index (κ2) is 7.81. The zero-order chi connectivity index (χ0) is 19.6. The van der Waals surface area contributed by atoms with Gasteiger partial charge < -0.3 is 9.47 Å². The van der Waals surface area contributed by atoms with Crippen molar-refractivity contribution in [3.05, 3.63) is 76.2 Å². The number of sulfonamides is 1. The molecular weight excluding hydrogens is 401 g/mol. The maximum atomic E-state index is 14.1. The van der Waals surface area contributed by atoms with Gasteiger partial charge in [0, 0.05) is 16.5 Å². The number of halogens is 1. The summed E-state index contributed by atoms with van der Waals surface area (Å²) < 4.78 is 53.0. The van der Waals surface area contributed by atoms with Crippen LogP contribution in [0.1, 0.15) is 10.4 Å². The summed E-state index contributed by atoms with van der Waals surface area (Å²) in [5.74, 6) is 0.113. The van der Waals surface area contributed by atoms with Gasteiger partial charge in [0.25, 0.3) is 0 Å². The van der Waals surface area contributed by atoms with E-state index in [1.807, 2.05) is 17.5 Å². The van der Waals surface area contributed by atoms with Crippen LogP contribution in [0.25, 0.3) is 0 Å². The molecule has 0 fully saturated rings. The van der Waals surface area contributed by atoms with Crippen LogP contribution < -0.4 is 13.8 Å². The lowest BCUT2D eigenvalue weighted by molar-refractivity contribution is 0.171. The molecule has 146 valence electrons. The summed E-state index contributed by atoms with van der Waals surface area (Å²) in [6.07, 6.45) is 0. The Bertz CT molecular complexity index is 1070. The van der Waals surface area contributed by atoms with Gasteiger partial charge in [-0.1, -0.05) is 24.3 Å². The van der Waals surface area contributed by atoms with Crippen LogP contribution in [0.2, 0.25) is 0 Å². The highest BCUT2D eigenvalue weighted by Gasteiger charge is 2.26. The summed E-state index contributed by atoms with van der Waals surface area (Å²) in [4.78, 5) is 0.881. The molecule has 1 aromatic heterocycles. The van der Waals surface area contributed by atoms with Gasteiger partial charge in [-0.05, 0) is 29.6 Å². The average Bonchev–Trinajstić information content (AvgIpc) is 3.21. The molecule has 28 heavy (non-hydrogen) atoms. The van der Waals surface area contributed by atoms with Gasteiger partial charge in [-0.25, -0.2) is 12.8 Å². The zero-order valence-electron chi connectivity index (χ0n) is 14.9. The van der Waals surface area contributed by atoms with Crippen LogP contribution in [0.3, 0.4) is 0 Å². The largest absolute Gasteiger partial charge is 0.486 e. The van der Waals surface area contributed by atoms with Crippen LogP contribution in [-0.4, -0.2) is 21.6 Å². The first-order valence-corrected chi connectivity index (χ1v) is 11.2. The molecule has 0 spiro atoms. The maximum absolute atomic E-state index is 14.1. The van der Waals surface area contributed by atoms with E-state index in [0.717, 1.165) is 4.88 Å². The average molecular weight is 419 g/mol. The lowest BCUT2D eigenvalue weighted by Gasteiger charge is -2.26. The number of hydrogen-bond acceptors (Lipinski definition) is 5. The smallest absolute Gasteiger partial charge is 0.239 e. The summed E-state index contributed by atoms with van der Waals surface area (Å²) in [5.41, 5.74) is 0.588. The lowest BCUT2D eigenvalue weighted by Crippen LogP contribution is -2.31. The fourth-order valence-electron chi connectivity index (χ4n) is 2.97. The van der Waals surface area contributed by atoms with E-state index < -0.39 is 21.6 Å². The number of hydrogen-bond donors (Lipinski definition) is 0. The summed E-state index contributed by atoms with van der Waals surface area (Å²) >= 11 is 1.46. The number of thiophene rings is 1. The highest BCUT2D eigenvalue weighted by molar-refractivity contribution is 7.92. The molecular formula is C20H18FNO4S2. The SMILES string of the molecule is O=S(=O)(Cc1ccccc1F)N(Cc1cccs1)c1ccc2c(c1)OCCO2. The number of fused-ring (bicyclic) bond motifs is 1. The first-order chi connectivity index (χ1) is 13.5. The lowest BCUT2D eigenvalue weighted by atomic mass is 10.2. The minimum atomic E-state index is -3.85. The van der Waals surface area contributed by atoms with Crippen molar-refractivity contribution in [1.82, 2.24) is 0 Å². The first kappa shape index (κ1) is 18.8. The van der Waals surface area contributed by atoms with Gasteiger partial charge in [0.05, 0.1) is 18.0 Å². The van der Waals surface area contributed by atoms with Crippen molar-refractivity contribution >= 4 is 27.0 Å². The number of nitrogens with zero attached hydrogens (tertiary/aromatic N) is 1. The van der Waals surface area contributed by atoms with Crippen LogP contribution in [0, 0.1) is 5.82 Å². The Morgan fingerprint density at radius 3 is 2.54 bits per heavy atom. The number of rotatable bonds is 6. The molecule has 3 aromatic rings. The Balaban J connectivity index is 1.72. The van der Waals surface area contributed by atoms with Gasteiger partial charge in [-0.3, -0.25) is 4.31 Å². The van der Waals surface area contributed by atoms with E-state index in [2.05, 4.69) is 0 Å². The Morgan fingerprint density at radius 2 is 1.79 bits per heavy atom. The quantitative estimate of drug-likeness (QED) is 0.601. The standard InChI is InChI=1S/C20H18FNO4S2/c21-18-6-2-1-4-15(18)14-28(23,24)22(13-17-5-3-11-27-17)16-7-8-19-20(12-16)26-10-9-25-19/h1-8,11-12H,9-10,13-14H2. The minimum Gasteiger partial charge on any atom is -0.486 e. The summed E-state index contributed by atoms with van der Waals surface area (Å²) in [7, 11) is -3.85. The Hall–Kier alpha value is -2.58. The van der Waals surface area contributed by atoms with Gasteiger partial charge in [0.1, 0.15) is 19.0 Å². The predicted molar refractivity (Wildman–Crippen MR) is 107 cm³/mol. The molecule has 0 saturated carbocycles. The second-order valence-corrected chi connectivity index (χ2v) is 9.19. The van der Waals surface area contributed by atoms with E-state index >= 15 is 0 Å². The molecule has 0 atom stereocenters. The fraction of sp³-hybridized carbons (Fsp3) is 0.200. The number of ether oxygens (including phenoxy) is 2. The number of benzene rings is 2. The van der Waals surface area contributed by atoms with E-state index in [1.165, 1.54) is 33.8 Å². The second-order valence-electron chi connectivity index (χ2n) is 6.26. The van der Waals surface area contributed by atoms with Crippen molar-refractivity contribution in [3.63, 3.8) is 0 Å². The molecule has 1 aliphatic rings. The van der Waals surface area contributed by atoms with Gasteiger partial charge in [-0.15, -0.1) is 11.3 Å². The van der Waals surface area contributed by atoms with Crippen LogP contribution in [0.15, 0.2) is 60.0 Å². The van der Waals surface area contributed by atoms with E-state index in [9.17, 15) is 12.8 Å². The highest BCUT2D eigenvalue weighted by atomic mass is 32.2. The highest BCUT2D eigenvalue weighted by Crippen LogP contribution is 2.36. The maximum Gasteiger partial charge on any atom is 0.239 e. The molecule has 2 aromatic carbocycles. The van der Waals surface area contributed by atoms with Gasteiger partial charge in [-0.2, -0.15) is 0 Å². The molecule has 5 nitrogen and oxygen atoms in total. The monoisotopic (exact) mass is 419 g/mol. The van der Waals surface area contributed by atoms with E-state index in [4.69, 9.17) is 9.47 Å². The van der Waals surface area contributed by atoms with Gasteiger partial charge in [0.2, 0.25) is 10.0 Å². The van der Waals surface area contributed by atoms with E-state index in [0.29, 0.717) is 30.4 Å². The van der Waals surface area contributed by atoms with Gasteiger partial charge >= 0.3 is 0 Å². The van der Waals surface area contributed by atoms with Crippen molar-refractivity contribution in [2.75, 3.05) is 17.5 Å². The Labute approximate surface area is 167 Å². The van der Waals surface area contributed by atoms with Crippen LogP contribution in [-0.2, 0) is 22.3 Å². The molecule has 4 rings (SSSR count). The van der Waals surface area contributed by atoms with Gasteiger partial charge in [0.15, 0.2) is 11.5 Å². The molecule has 0 aliphatic carbocycles. The molecule has 0 N–H and O–H groups in total. The van der Waals surface area contributed by atoms with E-state index in [-0.39, 0.29) is 12.1 Å². The van der Waals surface area contributed by atoms with Crippen LogP contribution >= 0.6 is 11.3 Å². The van der Waals surface area contributed by atoms with Crippen molar-refractivity contribution < 1.29 is 22.3 Å². The molecule has 0 saturated heterocycles. The summed E-state index contributed by atoms with van der Waals surface area (Å²) in [6.45, 7) is 1.02. The van der Waals surface area contributed by atoms with Crippen molar-refractivity contribution in [3.8, 4) is 11.5 Å². The Morgan fingerprint density at radius 1 is 1.00 bits per heavy atom. The third kappa shape index (κ3) is 3.98. The van der Waals surface area contributed by atoms with Crippen molar-refractivity contribution in [2.24, 2.45) is 0 Å². The molecule has 1 aliphatic heterocycles. The van der Waals surface area contributed by atoms with E-state index in [1.54, 1.807) is 24.3 Å². The Kier molecular flexibility index (Phi) is 5.23. The predicted octanol–water partition coefficient (Wildman–Crippen LogP) is 4.20. The number of anilines is 1. The zero-order valence-corrected chi connectivity index (χ0v) is 16.5. The summed E-state index contributed by atoms with van der Waals surface area (Å²) in [5, 5.41) is 1.89. The molecule has 0 amide bonds. The molecule has 2 heterocycles. The minimum absolute atomic E-state index is 0.135. The molecule has 0 radical (unpaired) electrons. The van der Waals surface area contributed by atoms with Crippen LogP contribution in [0.5, 0.6) is 11.5 Å². The van der Waals surface area contributed by atoms with Crippen molar-refractivity contribution in [1.29, 1.82) is 0 Å². The molecule has 8 heteroatoms. The third-order valence-corrected chi connectivity index (χ3v) is 6.87. The van der Waals surface area contributed by atoms with Crippen molar-refractivity contribution in [2.45, 2.75) is 12.3 Å². The normalized spacial score (nSPS) is 13.3. The fourth-order valence-corrected chi connectivity index (χ4v) is 5.30. The topological polar surface area (TPSA) is 55.8 Å². The first-order valence-electron chi connectivity index (χ1n) is 8.69. The van der Waals surface area contributed by atoms with Crippen LogP contribution in [0.4, 0.5) is 10.1 Å².